The zero-order valence-electron chi connectivity index (χ0n) is 82.1. The number of aliphatic imine (C=N–C) groups is 2. The zero-order chi connectivity index (χ0) is 106. The van der Waals surface area contributed by atoms with Crippen molar-refractivity contribution in [3.63, 3.8) is 0 Å². The Labute approximate surface area is 826 Å². The molecule has 0 saturated carbocycles. The third-order valence-electron chi connectivity index (χ3n) is 23.6. The van der Waals surface area contributed by atoms with Crippen LogP contribution in [0.15, 0.2) is 58.5 Å². The van der Waals surface area contributed by atoms with E-state index in [1.807, 2.05) is 0 Å². The summed E-state index contributed by atoms with van der Waals surface area (Å²) in [6.45, 7) is 11.3. The van der Waals surface area contributed by atoms with Crippen molar-refractivity contribution in [2.45, 2.75) is 264 Å². The highest BCUT2D eigenvalue weighted by atomic mass is 33.1. The Morgan fingerprint density at radius 2 is 0.786 bits per heavy atom. The van der Waals surface area contributed by atoms with Gasteiger partial charge in [0.25, 0.3) is 0 Å². The molecule has 43 nitrogen and oxygen atoms in total. The van der Waals surface area contributed by atoms with Gasteiger partial charge in [-0.25, -0.2) is 0 Å². The van der Waals surface area contributed by atoms with Gasteiger partial charge < -0.3 is 125 Å². The van der Waals surface area contributed by atoms with Crippen molar-refractivity contribution < 1.29 is 117 Å². The summed E-state index contributed by atoms with van der Waals surface area (Å²) in [5.74, 6) is -25.3. The Kier molecular flexibility index (Phi) is 60.5. The molecule has 2 aromatic carbocycles. The van der Waals surface area contributed by atoms with Gasteiger partial charge in [-0.15, -0.1) is 0 Å². The lowest BCUT2D eigenvalue weighted by molar-refractivity contribution is -0.137. The van der Waals surface area contributed by atoms with E-state index in [1.54, 1.807) is 55.4 Å². The van der Waals surface area contributed by atoms with Gasteiger partial charge in [0.15, 0.2) is 52.4 Å². The van der Waals surface area contributed by atoms with E-state index in [0.29, 0.717) is 62.7 Å². The number of amides is 9. The number of aliphatic hydroxyl groups is 4. The molecular weight excluding hydrogens is 1860 g/mol. The van der Waals surface area contributed by atoms with E-state index in [9.17, 15) is 117 Å². The van der Waals surface area contributed by atoms with Gasteiger partial charge in [-0.05, 0) is 156 Å². The third kappa shape index (κ3) is 49.6. The molecule has 2 aromatic rings. The predicted molar refractivity (Wildman–Crippen MR) is 529 cm³/mol. The second kappa shape index (κ2) is 67.6. The van der Waals surface area contributed by atoms with Crippen LogP contribution < -0.4 is 94.1 Å². The molecule has 0 bridgehead atoms. The maximum absolute atomic E-state index is 14.9. The first-order valence-corrected chi connectivity index (χ1v) is 50.2. The molecule has 0 aliphatic rings. The number of phenols is 2. The summed E-state index contributed by atoms with van der Waals surface area (Å²) in [5.41, 5.74) is 52.2. The number of nitrogens with zero attached hydrogens (tertiary/aromatic N) is 2. The van der Waals surface area contributed by atoms with Gasteiger partial charge >= 0.3 is 0 Å². The number of aliphatic hydroxyl groups excluding tert-OH is 4. The van der Waals surface area contributed by atoms with Crippen molar-refractivity contribution in [2.75, 3.05) is 70.7 Å². The summed E-state index contributed by atoms with van der Waals surface area (Å²) >= 11 is 0. The number of rotatable bonds is 77. The number of Topliss-reactive ketones (excluding diaryl/α,β-unsaturated/α-hetero) is 9. The molecular formula is C95H155N19O24S2. The number of primary amides is 1. The van der Waals surface area contributed by atoms with Crippen LogP contribution in [0.3, 0.4) is 0 Å². The van der Waals surface area contributed by atoms with Gasteiger partial charge in [0, 0.05) is 112 Å². The third-order valence-corrected chi connectivity index (χ3v) is 26.1. The Balaban J connectivity index is 2.46. The van der Waals surface area contributed by atoms with E-state index in [-0.39, 0.29) is 136 Å². The number of aromatic hydroxyl groups is 2. The first kappa shape index (κ1) is 125. The number of carbonyl (C=O) groups excluding carboxylic acids is 18. The van der Waals surface area contributed by atoms with Crippen LogP contribution in [0, 0.1) is 65.1 Å². The number of benzene rings is 2. The minimum absolute atomic E-state index is 0.0185. The molecule has 0 saturated heterocycles. The number of carbonyl (C=O) groups is 18. The van der Waals surface area contributed by atoms with Crippen molar-refractivity contribution in [1.29, 1.82) is 0 Å². The monoisotopic (exact) mass is 2010 g/mol. The number of hydrogen-bond acceptors (Lipinski definition) is 32. The summed E-state index contributed by atoms with van der Waals surface area (Å²) in [5, 5.41) is 83.5. The second-order valence-corrected chi connectivity index (χ2v) is 39.7. The Morgan fingerprint density at radius 1 is 0.371 bits per heavy atom. The van der Waals surface area contributed by atoms with E-state index in [0.717, 1.165) is 21.6 Å². The average Bonchev–Trinajstić information content (AvgIpc) is 0.851. The van der Waals surface area contributed by atoms with Crippen molar-refractivity contribution in [3.05, 3.63) is 59.7 Å². The normalized spacial score (nSPS) is 14.9. The molecule has 140 heavy (non-hydrogen) atoms. The molecule has 0 spiro atoms. The van der Waals surface area contributed by atoms with Gasteiger partial charge in [-0.2, -0.15) is 0 Å². The van der Waals surface area contributed by atoms with Gasteiger partial charge in [-0.3, -0.25) is 96.3 Å². The van der Waals surface area contributed by atoms with E-state index >= 15 is 0 Å². The van der Waals surface area contributed by atoms with Crippen LogP contribution in [0.25, 0.3) is 0 Å². The molecule has 786 valence electrons. The molecule has 32 N–H and O–H groups in total. The summed E-state index contributed by atoms with van der Waals surface area (Å²) in [6, 6.07) is -0.752. The predicted octanol–water partition coefficient (Wildman–Crippen LogP) is -1.38. The fraction of sp³-hybridized carbons (Fsp3) is 0.663. The van der Waals surface area contributed by atoms with Crippen LogP contribution in [0.2, 0.25) is 0 Å². The van der Waals surface area contributed by atoms with Gasteiger partial charge in [0.2, 0.25) is 53.2 Å². The molecule has 0 aliphatic heterocycles. The number of phenolic OH excluding ortho intramolecular Hbond substituents is 2. The molecule has 0 fully saturated rings. The van der Waals surface area contributed by atoms with E-state index in [1.165, 1.54) is 55.5 Å². The summed E-state index contributed by atoms with van der Waals surface area (Å²) in [4.78, 5) is 258. The molecule has 0 radical (unpaired) electrons. The fourth-order valence-electron chi connectivity index (χ4n) is 15.2. The molecule has 0 aliphatic carbocycles. The van der Waals surface area contributed by atoms with Crippen LogP contribution >= 0.6 is 21.6 Å². The van der Waals surface area contributed by atoms with Crippen LogP contribution in [-0.4, -0.2) is 273 Å². The largest absolute Gasteiger partial charge is 0.508 e. The minimum Gasteiger partial charge on any atom is -0.508 e. The van der Waals surface area contributed by atoms with Crippen molar-refractivity contribution in [1.82, 2.24) is 42.5 Å². The highest BCUT2D eigenvalue weighted by Gasteiger charge is 2.40. The lowest BCUT2D eigenvalue weighted by Crippen LogP contribution is -2.50. The fourth-order valence-corrected chi connectivity index (χ4v) is 17.7. The first-order chi connectivity index (χ1) is 66.0. The first-order valence-electron chi connectivity index (χ1n) is 47.7. The van der Waals surface area contributed by atoms with E-state index in [2.05, 4.69) is 52.5 Å². The number of nitrogens with two attached hydrogens (primary N) is 9. The topological polar surface area (TPSA) is 784 Å². The number of guanidine groups is 2. The Morgan fingerprint density at radius 3 is 1.28 bits per heavy atom. The van der Waals surface area contributed by atoms with E-state index < -0.39 is 279 Å². The second-order valence-electron chi connectivity index (χ2n) is 37.1. The van der Waals surface area contributed by atoms with Crippen molar-refractivity contribution >= 4 is 139 Å². The molecule has 9 amide bonds. The van der Waals surface area contributed by atoms with Crippen LogP contribution in [0.4, 0.5) is 0 Å². The molecule has 0 unspecified atom stereocenters. The molecule has 0 aromatic heterocycles. The lowest BCUT2D eigenvalue weighted by atomic mass is 9.87. The quantitative estimate of drug-likeness (QED) is 0.0157. The summed E-state index contributed by atoms with van der Waals surface area (Å²) in [6.07, 6.45) is -1.96. The Hall–Kier alpha value is -10.8. The smallest absolute Gasteiger partial charge is 0.240 e. The van der Waals surface area contributed by atoms with Crippen molar-refractivity contribution in [2.24, 2.45) is 127 Å². The molecule has 16 atom stereocenters. The SMILES string of the molecule is CC(=O)[C@H](CSSC[C@@H](NC(=O)[C@@H](CCCN=C(N)N)CC(=O)[C@@H](Cc1ccc(O)cc1)NC(=O)[C@@H](CO)CC(=O)[C@@H](CC(C)C)NC(=O)[C@@H](CO)CC(=O)[C@H](NC(=O)CCC(=O)[C@H](N)CCCCN)C(C)C)C(N)=O)CC(=O)[C@H](CCCN=C(N)N)NC(=O)[C@@H](CC(=O)[C@H](CO)NC(=O)[C@@H](CC(=O)[C@H](CO)NC(=O)[C@@H](CC(=O)CNC(=O)[C@@H](N)CCCCN)C(C)C)CC(C)C)Cc1ccc(O)cc1. The number of nitrogens with one attached hydrogen (secondary N) is 8. The van der Waals surface area contributed by atoms with Crippen molar-refractivity contribution in [3.8, 4) is 11.5 Å². The van der Waals surface area contributed by atoms with Crippen LogP contribution in [-0.2, 0) is 99.1 Å². The van der Waals surface area contributed by atoms with E-state index in [4.69, 9.17) is 51.6 Å². The Bertz CT molecular complexity index is 4130. The minimum atomic E-state index is -1.70. The molecule has 2 rings (SSSR count). The van der Waals surface area contributed by atoms with Gasteiger partial charge in [0.1, 0.15) is 41.2 Å². The number of unbranched alkanes of at least 4 members (excludes halogenated alkanes) is 2. The standard InChI is InChI=1S/C95H155N19O24S2/c1-52(2)34-60(39-81(127)75(49-118)112-92(137)68(54(5)6)44-67(122)45-107-93(138)70(99)18-11-13-31-97)88(133)111-74(48-117)82(128)40-61(36-57-20-24-65(120)25-21-57)89(134)108-71(19-15-33-106-95(103)104)78(124)43-64(56(9)119)50-139-140-51-76(86(100)131)113-87(132)59(16-14-32-105-94(101)102)38-79(125)73(37-58-22-26-66(121)27-23-58)110-90(135)62(46-115)41-80(126)72(35-53(3)4)109-91(136)63(47-116)42-83(129)85(55(7)8)114-84(130)29-28-77(123)69(98)17-10-12-30-96/h20-27,52-55,59-64,68-76,85,115-118,120-121H,10-19,28-51,96-99H2,1-9H3,(H2,100,131)(H,107,138)(H,108,134)(H,109,136)(H,110,135)(H,111,133)(H,112,137)(H,113,132)(H,114,130)(H4,101,102,105)(H4,103,104,106)/t59-,60+,61+,62+,63+,64-,68-,69+,70-,71-,72+,73+,74-,75-,76+,85+/m0/s1. The molecule has 0 heterocycles. The van der Waals surface area contributed by atoms with Crippen LogP contribution in [0.5, 0.6) is 11.5 Å². The van der Waals surface area contributed by atoms with Gasteiger partial charge in [-0.1, -0.05) is 114 Å². The highest BCUT2D eigenvalue weighted by molar-refractivity contribution is 8.76. The van der Waals surface area contributed by atoms with Crippen LogP contribution in [0.1, 0.15) is 208 Å². The lowest BCUT2D eigenvalue weighted by Gasteiger charge is -2.26. The number of ketones is 9. The summed E-state index contributed by atoms with van der Waals surface area (Å²) in [7, 11) is 1.96. The summed E-state index contributed by atoms with van der Waals surface area (Å²) < 4.78 is 0. The maximum atomic E-state index is 14.9. The number of hydrogen-bond donors (Lipinski definition) is 23. The molecule has 45 heteroatoms. The van der Waals surface area contributed by atoms with Gasteiger partial charge in [0.05, 0.1) is 81.1 Å². The average molecular weight is 2010 g/mol. The highest BCUT2D eigenvalue weighted by Crippen LogP contribution is 2.30. The maximum Gasteiger partial charge on any atom is 0.240 e. The zero-order valence-corrected chi connectivity index (χ0v) is 83.8.